The Bertz CT molecular complexity index is 1350. The average Bonchev–Trinajstić information content (AvgIpc) is 3.20. The van der Waals surface area contributed by atoms with Crippen molar-refractivity contribution < 1.29 is 13.6 Å². The second-order valence-corrected chi connectivity index (χ2v) is 9.34. The fraction of sp³-hybridized carbons (Fsp3) is 0.174. The largest absolute Gasteiger partial charge is 0.346 e. The Balaban J connectivity index is 1.66. The molecule has 0 radical (unpaired) electrons. The molecule has 180 valence electrons. The van der Waals surface area contributed by atoms with Crippen molar-refractivity contribution in [1.29, 1.82) is 0 Å². The number of nitrogens with zero attached hydrogens (tertiary/aromatic N) is 5. The number of aromatic nitrogens is 5. The van der Waals surface area contributed by atoms with Gasteiger partial charge in [-0.3, -0.25) is 4.79 Å². The lowest BCUT2D eigenvalue weighted by Crippen LogP contribution is -2.25. The summed E-state index contributed by atoms with van der Waals surface area (Å²) >= 11 is 13.6. The summed E-state index contributed by atoms with van der Waals surface area (Å²) in [5.74, 6) is -1.95. The van der Waals surface area contributed by atoms with Crippen LogP contribution in [0.1, 0.15) is 33.1 Å². The van der Waals surface area contributed by atoms with Gasteiger partial charge in [0, 0.05) is 39.3 Å². The summed E-state index contributed by atoms with van der Waals surface area (Å²) in [6.45, 7) is 3.36. The van der Waals surface area contributed by atoms with E-state index >= 15 is 0 Å². The molecule has 2 aromatic carbocycles. The molecule has 0 fully saturated rings. The average molecular weight is 535 g/mol. The van der Waals surface area contributed by atoms with Crippen molar-refractivity contribution in [2.75, 3.05) is 0 Å². The molecule has 0 saturated carbocycles. The molecular formula is C23H18Cl2F2N6OS. The molecular weight excluding hydrogens is 517 g/mol. The topological polar surface area (TPSA) is 85.6 Å². The minimum atomic E-state index is -0.759. The molecule has 0 aliphatic heterocycles. The lowest BCUT2D eigenvalue weighted by Gasteiger charge is -2.10. The van der Waals surface area contributed by atoms with E-state index in [1.807, 2.05) is 19.9 Å². The van der Waals surface area contributed by atoms with Crippen molar-refractivity contribution in [3.8, 4) is 5.69 Å². The van der Waals surface area contributed by atoms with E-state index in [0.29, 0.717) is 26.6 Å². The second kappa shape index (κ2) is 10.7. The molecule has 0 atom stereocenters. The molecule has 0 aliphatic carbocycles. The Kier molecular flexibility index (Phi) is 7.63. The molecule has 1 N–H and O–H groups in total. The van der Waals surface area contributed by atoms with Gasteiger partial charge in [0.2, 0.25) is 0 Å². The van der Waals surface area contributed by atoms with E-state index in [1.165, 1.54) is 22.5 Å². The van der Waals surface area contributed by atoms with Crippen molar-refractivity contribution in [2.24, 2.45) is 0 Å². The summed E-state index contributed by atoms with van der Waals surface area (Å²) in [7, 11) is 0. The number of carbonyl (C=O) groups excluding carboxylic acids is 1. The molecule has 2 heterocycles. The Hall–Kier alpha value is -3.08. The SMILES string of the molecule is Cc1cc(C)nc(SCc2c(C(=O)NCc3c(F)cccc3F)nnn2-c2cc(Cl)cc(Cl)c2)n1. The third-order valence-corrected chi connectivity index (χ3v) is 6.15. The predicted octanol–water partition coefficient (Wildman–Crippen LogP) is 5.48. The molecule has 1 amide bonds. The summed E-state index contributed by atoms with van der Waals surface area (Å²) in [5.41, 5.74) is 2.23. The van der Waals surface area contributed by atoms with Crippen molar-refractivity contribution in [2.45, 2.75) is 31.3 Å². The highest BCUT2D eigenvalue weighted by Crippen LogP contribution is 2.27. The van der Waals surface area contributed by atoms with Gasteiger partial charge < -0.3 is 5.32 Å². The minimum absolute atomic E-state index is 0.0188. The third-order valence-electron chi connectivity index (χ3n) is 4.86. The number of hydrogen-bond donors (Lipinski definition) is 1. The lowest BCUT2D eigenvalue weighted by molar-refractivity contribution is 0.0944. The first-order valence-corrected chi connectivity index (χ1v) is 12.0. The number of thioether (sulfide) groups is 1. The van der Waals surface area contributed by atoms with Crippen molar-refractivity contribution >= 4 is 40.9 Å². The van der Waals surface area contributed by atoms with Crippen LogP contribution in [-0.2, 0) is 12.3 Å². The first kappa shape index (κ1) is 25.0. The normalized spacial score (nSPS) is 11.0. The summed E-state index contributed by atoms with van der Waals surface area (Å²) < 4.78 is 29.4. The Morgan fingerprint density at radius 1 is 1.03 bits per heavy atom. The van der Waals surface area contributed by atoms with Crippen molar-refractivity contribution in [3.63, 3.8) is 0 Å². The summed E-state index contributed by atoms with van der Waals surface area (Å²) in [4.78, 5) is 21.8. The zero-order valence-electron chi connectivity index (χ0n) is 18.5. The van der Waals surface area contributed by atoms with Crippen LogP contribution in [0, 0.1) is 25.5 Å². The molecule has 4 aromatic rings. The second-order valence-electron chi connectivity index (χ2n) is 7.53. The molecule has 4 rings (SSSR count). The number of amides is 1. The van der Waals surface area contributed by atoms with Crippen LogP contribution in [0.3, 0.4) is 0 Å². The van der Waals surface area contributed by atoms with Crippen LogP contribution in [0.5, 0.6) is 0 Å². The zero-order chi connectivity index (χ0) is 25.1. The van der Waals surface area contributed by atoms with Gasteiger partial charge in [0.15, 0.2) is 10.9 Å². The highest BCUT2D eigenvalue weighted by molar-refractivity contribution is 7.98. The summed E-state index contributed by atoms with van der Waals surface area (Å²) in [6, 6.07) is 10.2. The predicted molar refractivity (Wildman–Crippen MR) is 130 cm³/mol. The minimum Gasteiger partial charge on any atom is -0.346 e. The maximum atomic E-state index is 14.0. The Labute approximate surface area is 213 Å². The van der Waals surface area contributed by atoms with Gasteiger partial charge in [-0.05, 0) is 50.2 Å². The zero-order valence-corrected chi connectivity index (χ0v) is 20.8. The molecule has 35 heavy (non-hydrogen) atoms. The number of halogens is 4. The van der Waals surface area contributed by atoms with Crippen LogP contribution in [0.15, 0.2) is 47.6 Å². The molecule has 12 heteroatoms. The Morgan fingerprint density at radius 2 is 1.66 bits per heavy atom. The number of rotatable bonds is 7. The van der Waals surface area contributed by atoms with E-state index in [1.54, 1.807) is 18.2 Å². The van der Waals surface area contributed by atoms with Gasteiger partial charge >= 0.3 is 0 Å². The monoisotopic (exact) mass is 534 g/mol. The molecule has 0 unspecified atom stereocenters. The van der Waals surface area contributed by atoms with Gasteiger partial charge in [0.25, 0.3) is 5.91 Å². The highest BCUT2D eigenvalue weighted by atomic mass is 35.5. The third kappa shape index (κ3) is 5.95. The maximum Gasteiger partial charge on any atom is 0.274 e. The van der Waals surface area contributed by atoms with Gasteiger partial charge in [0.1, 0.15) is 11.6 Å². The molecule has 2 aromatic heterocycles. The van der Waals surface area contributed by atoms with E-state index in [-0.39, 0.29) is 23.6 Å². The van der Waals surface area contributed by atoms with E-state index in [4.69, 9.17) is 23.2 Å². The molecule has 0 saturated heterocycles. The van der Waals surface area contributed by atoms with E-state index in [9.17, 15) is 13.6 Å². The van der Waals surface area contributed by atoms with Gasteiger partial charge in [0.05, 0.1) is 11.4 Å². The van der Waals surface area contributed by atoms with Crippen molar-refractivity contribution in [3.05, 3.63) is 92.5 Å². The van der Waals surface area contributed by atoms with Crippen LogP contribution >= 0.6 is 35.0 Å². The number of hydrogen-bond acceptors (Lipinski definition) is 6. The lowest BCUT2D eigenvalue weighted by atomic mass is 10.2. The molecule has 0 spiro atoms. The summed E-state index contributed by atoms with van der Waals surface area (Å²) in [5, 5.41) is 11.9. The van der Waals surface area contributed by atoms with Crippen LogP contribution in [-0.4, -0.2) is 30.9 Å². The smallest absolute Gasteiger partial charge is 0.274 e. The van der Waals surface area contributed by atoms with Gasteiger partial charge in [-0.2, -0.15) is 0 Å². The first-order chi connectivity index (χ1) is 16.7. The number of aryl methyl sites for hydroxylation is 2. The molecule has 0 bridgehead atoms. The first-order valence-electron chi connectivity index (χ1n) is 10.3. The quantitative estimate of drug-likeness (QED) is 0.249. The van der Waals surface area contributed by atoms with Crippen molar-refractivity contribution in [1.82, 2.24) is 30.3 Å². The maximum absolute atomic E-state index is 14.0. The highest BCUT2D eigenvalue weighted by Gasteiger charge is 2.22. The number of nitrogens with one attached hydrogen (secondary N) is 1. The fourth-order valence-electron chi connectivity index (χ4n) is 3.32. The van der Waals surface area contributed by atoms with E-state index in [2.05, 4.69) is 25.6 Å². The number of benzene rings is 2. The van der Waals surface area contributed by atoms with Crippen LogP contribution in [0.25, 0.3) is 5.69 Å². The van der Waals surface area contributed by atoms with Gasteiger partial charge in [-0.15, -0.1) is 5.10 Å². The van der Waals surface area contributed by atoms with E-state index in [0.717, 1.165) is 23.5 Å². The molecule has 0 aliphatic rings. The van der Waals surface area contributed by atoms with Crippen LogP contribution < -0.4 is 5.32 Å². The van der Waals surface area contributed by atoms with Crippen LogP contribution in [0.2, 0.25) is 10.0 Å². The summed E-state index contributed by atoms with van der Waals surface area (Å²) in [6.07, 6.45) is 0. The van der Waals surface area contributed by atoms with Crippen LogP contribution in [0.4, 0.5) is 8.78 Å². The van der Waals surface area contributed by atoms with E-state index < -0.39 is 17.5 Å². The standard InChI is InChI=1S/C23H18Cl2F2N6OS/c1-12-6-13(2)30-23(29-12)35-11-20-21(22(34)28-10-17-18(26)4-3-5-19(17)27)31-32-33(20)16-8-14(24)7-15(25)9-16/h3-9H,10-11H2,1-2H3,(H,28,34). The Morgan fingerprint density at radius 3 is 2.29 bits per heavy atom. The van der Waals surface area contributed by atoms with Gasteiger partial charge in [-0.1, -0.05) is 46.2 Å². The fourth-order valence-corrected chi connectivity index (χ4v) is 4.78. The van der Waals surface area contributed by atoms with Gasteiger partial charge in [-0.25, -0.2) is 23.4 Å². The molecule has 7 nitrogen and oxygen atoms in total. The number of carbonyl (C=O) groups is 1.